The molecule has 0 saturated heterocycles. The van der Waals surface area contributed by atoms with Gasteiger partial charge in [-0.25, -0.2) is 9.18 Å². The molecule has 6 nitrogen and oxygen atoms in total. The van der Waals surface area contributed by atoms with Crippen LogP contribution in [0.2, 0.25) is 0 Å². The number of nitrogens with one attached hydrogen (secondary N) is 2. The quantitative estimate of drug-likeness (QED) is 0.828. The SMILES string of the molecule is CC(C)c1nc(CNC(=O)Nc2ccc(F)c(C(F)(F)F)c2)no1. The van der Waals surface area contributed by atoms with Crippen LogP contribution in [0.15, 0.2) is 22.7 Å². The molecule has 1 aromatic heterocycles. The van der Waals surface area contributed by atoms with Crippen LogP contribution in [0.5, 0.6) is 0 Å². The number of alkyl halides is 3. The third kappa shape index (κ3) is 4.43. The molecule has 0 aliphatic rings. The molecule has 0 atom stereocenters. The average Bonchev–Trinajstić information content (AvgIpc) is 2.95. The summed E-state index contributed by atoms with van der Waals surface area (Å²) in [6, 6.07) is 1.38. The number of rotatable bonds is 4. The number of carbonyl (C=O) groups excluding carboxylic acids is 1. The molecule has 0 saturated carbocycles. The van der Waals surface area contributed by atoms with Crippen molar-refractivity contribution in [1.29, 1.82) is 0 Å². The molecule has 1 aromatic carbocycles. The fourth-order valence-electron chi connectivity index (χ4n) is 1.73. The Labute approximate surface area is 134 Å². The van der Waals surface area contributed by atoms with E-state index in [1.165, 1.54) is 0 Å². The summed E-state index contributed by atoms with van der Waals surface area (Å²) >= 11 is 0. The van der Waals surface area contributed by atoms with Crippen LogP contribution >= 0.6 is 0 Å². The Hall–Kier alpha value is -2.65. The van der Waals surface area contributed by atoms with E-state index in [4.69, 9.17) is 4.52 Å². The Kier molecular flexibility index (Phi) is 5.05. The van der Waals surface area contributed by atoms with Crippen LogP contribution in [0, 0.1) is 5.82 Å². The van der Waals surface area contributed by atoms with Crippen molar-refractivity contribution in [2.45, 2.75) is 32.5 Å². The number of anilines is 1. The Morgan fingerprint density at radius 2 is 2.04 bits per heavy atom. The summed E-state index contributed by atoms with van der Waals surface area (Å²) in [5.41, 5.74) is -1.66. The molecule has 0 aliphatic heterocycles. The summed E-state index contributed by atoms with van der Waals surface area (Å²) in [5, 5.41) is 8.19. The zero-order valence-corrected chi connectivity index (χ0v) is 12.7. The van der Waals surface area contributed by atoms with Gasteiger partial charge in [0.05, 0.1) is 12.1 Å². The van der Waals surface area contributed by atoms with Crippen molar-refractivity contribution in [3.8, 4) is 0 Å². The predicted octanol–water partition coefficient (Wildman–Crippen LogP) is 3.67. The maximum absolute atomic E-state index is 13.2. The first-order valence-electron chi connectivity index (χ1n) is 6.91. The number of amides is 2. The smallest absolute Gasteiger partial charge is 0.339 e. The normalized spacial score (nSPS) is 11.6. The molecule has 0 unspecified atom stereocenters. The Bertz CT molecular complexity index is 728. The standard InChI is InChI=1S/C14H14F4N4O2/c1-7(2)12-21-11(22-24-12)6-19-13(23)20-8-3-4-10(15)9(5-8)14(16,17)18/h3-5,7H,6H2,1-2H3,(H2,19,20,23). The van der Waals surface area contributed by atoms with Gasteiger partial charge in [0.15, 0.2) is 5.82 Å². The number of carbonyl (C=O) groups is 1. The Morgan fingerprint density at radius 1 is 1.33 bits per heavy atom. The van der Waals surface area contributed by atoms with Gasteiger partial charge in [-0.3, -0.25) is 0 Å². The molecule has 10 heteroatoms. The minimum atomic E-state index is -4.85. The lowest BCUT2D eigenvalue weighted by atomic mass is 10.2. The van der Waals surface area contributed by atoms with Gasteiger partial charge in [0, 0.05) is 11.6 Å². The first-order valence-corrected chi connectivity index (χ1v) is 6.91. The molecule has 1 heterocycles. The number of aromatic nitrogens is 2. The topological polar surface area (TPSA) is 80.0 Å². The van der Waals surface area contributed by atoms with Crippen molar-refractivity contribution in [2.75, 3.05) is 5.32 Å². The van der Waals surface area contributed by atoms with Gasteiger partial charge < -0.3 is 15.2 Å². The molecule has 0 spiro atoms. The van der Waals surface area contributed by atoms with E-state index in [0.717, 1.165) is 6.07 Å². The zero-order valence-electron chi connectivity index (χ0n) is 12.7. The minimum absolute atomic E-state index is 0.0279. The lowest BCUT2D eigenvalue weighted by molar-refractivity contribution is -0.139. The summed E-state index contributed by atoms with van der Waals surface area (Å²) in [4.78, 5) is 15.7. The second-order valence-corrected chi connectivity index (χ2v) is 5.20. The molecule has 2 N–H and O–H groups in total. The van der Waals surface area contributed by atoms with Crippen molar-refractivity contribution >= 4 is 11.7 Å². The predicted molar refractivity (Wildman–Crippen MR) is 75.6 cm³/mol. The molecule has 0 radical (unpaired) electrons. The van der Waals surface area contributed by atoms with Crippen LogP contribution in [0.4, 0.5) is 28.0 Å². The number of halogens is 4. The van der Waals surface area contributed by atoms with Crippen LogP contribution in [0.3, 0.4) is 0 Å². The molecule has 0 fully saturated rings. The van der Waals surface area contributed by atoms with E-state index in [-0.39, 0.29) is 24.0 Å². The van der Waals surface area contributed by atoms with Crippen molar-refractivity contribution in [3.05, 3.63) is 41.3 Å². The van der Waals surface area contributed by atoms with E-state index in [1.54, 1.807) is 0 Å². The number of urea groups is 1. The first-order chi connectivity index (χ1) is 11.2. The van der Waals surface area contributed by atoms with E-state index in [1.807, 2.05) is 13.8 Å². The maximum atomic E-state index is 13.2. The second-order valence-electron chi connectivity index (χ2n) is 5.20. The second kappa shape index (κ2) is 6.85. The molecule has 2 amide bonds. The van der Waals surface area contributed by atoms with E-state index >= 15 is 0 Å². The third-order valence-electron chi connectivity index (χ3n) is 2.91. The first kappa shape index (κ1) is 17.7. The van der Waals surface area contributed by atoms with Crippen molar-refractivity contribution < 1.29 is 26.9 Å². The summed E-state index contributed by atoms with van der Waals surface area (Å²) in [5.74, 6) is -0.758. The monoisotopic (exact) mass is 346 g/mol. The molecule has 2 rings (SSSR count). The third-order valence-corrected chi connectivity index (χ3v) is 2.91. The van der Waals surface area contributed by atoms with Crippen LogP contribution in [0.1, 0.15) is 37.0 Å². The molecule has 2 aromatic rings. The summed E-state index contributed by atoms with van der Waals surface area (Å²) < 4.78 is 55.9. The fourth-order valence-corrected chi connectivity index (χ4v) is 1.73. The highest BCUT2D eigenvalue weighted by Crippen LogP contribution is 2.32. The summed E-state index contributed by atoms with van der Waals surface area (Å²) in [6.45, 7) is 3.63. The number of nitrogens with zero attached hydrogens (tertiary/aromatic N) is 2. The van der Waals surface area contributed by atoms with Gasteiger partial charge in [-0.15, -0.1) is 0 Å². The highest BCUT2D eigenvalue weighted by molar-refractivity contribution is 5.89. The lowest BCUT2D eigenvalue weighted by Crippen LogP contribution is -2.28. The van der Waals surface area contributed by atoms with Gasteiger partial charge >= 0.3 is 12.2 Å². The van der Waals surface area contributed by atoms with Crippen LogP contribution < -0.4 is 10.6 Å². The number of hydrogen-bond donors (Lipinski definition) is 2. The van der Waals surface area contributed by atoms with Crippen molar-refractivity contribution in [3.63, 3.8) is 0 Å². The largest absolute Gasteiger partial charge is 0.419 e. The Balaban J connectivity index is 1.97. The summed E-state index contributed by atoms with van der Waals surface area (Å²) in [6.07, 6.45) is -4.85. The fraction of sp³-hybridized carbons (Fsp3) is 0.357. The van der Waals surface area contributed by atoms with Crippen LogP contribution in [-0.2, 0) is 12.7 Å². The minimum Gasteiger partial charge on any atom is -0.339 e. The summed E-state index contributed by atoms with van der Waals surface area (Å²) in [7, 11) is 0. The molecule has 0 bridgehead atoms. The van der Waals surface area contributed by atoms with Crippen molar-refractivity contribution in [1.82, 2.24) is 15.5 Å². The van der Waals surface area contributed by atoms with Gasteiger partial charge in [0.2, 0.25) is 5.89 Å². The highest BCUT2D eigenvalue weighted by atomic mass is 19.4. The van der Waals surface area contributed by atoms with Gasteiger partial charge in [-0.05, 0) is 18.2 Å². The van der Waals surface area contributed by atoms with Crippen LogP contribution in [-0.4, -0.2) is 16.2 Å². The zero-order chi connectivity index (χ0) is 17.9. The van der Waals surface area contributed by atoms with E-state index < -0.39 is 23.6 Å². The van der Waals surface area contributed by atoms with E-state index in [9.17, 15) is 22.4 Å². The van der Waals surface area contributed by atoms with Crippen molar-refractivity contribution in [2.24, 2.45) is 0 Å². The van der Waals surface area contributed by atoms with Gasteiger partial charge in [0.25, 0.3) is 0 Å². The van der Waals surface area contributed by atoms with Gasteiger partial charge in [-0.2, -0.15) is 18.2 Å². The highest BCUT2D eigenvalue weighted by Gasteiger charge is 2.34. The molecule has 0 aliphatic carbocycles. The van der Waals surface area contributed by atoms with E-state index in [0.29, 0.717) is 18.0 Å². The van der Waals surface area contributed by atoms with Gasteiger partial charge in [-0.1, -0.05) is 19.0 Å². The molecular weight excluding hydrogens is 332 g/mol. The maximum Gasteiger partial charge on any atom is 0.419 e. The molecule has 130 valence electrons. The molecular formula is C14H14F4N4O2. The lowest BCUT2D eigenvalue weighted by Gasteiger charge is -2.11. The molecule has 24 heavy (non-hydrogen) atoms. The van der Waals surface area contributed by atoms with E-state index in [2.05, 4.69) is 20.8 Å². The Morgan fingerprint density at radius 3 is 2.62 bits per heavy atom. The average molecular weight is 346 g/mol. The van der Waals surface area contributed by atoms with Gasteiger partial charge in [0.1, 0.15) is 5.82 Å². The number of benzene rings is 1. The number of hydrogen-bond acceptors (Lipinski definition) is 4. The van der Waals surface area contributed by atoms with Crippen LogP contribution in [0.25, 0.3) is 0 Å².